The Kier molecular flexibility index (Phi) is 4.95. The van der Waals surface area contributed by atoms with E-state index >= 15 is 0 Å². The van der Waals surface area contributed by atoms with Crippen LogP contribution in [-0.2, 0) is 14.6 Å². The second kappa shape index (κ2) is 6.69. The van der Waals surface area contributed by atoms with Gasteiger partial charge in [-0.25, -0.2) is 8.42 Å². The first kappa shape index (κ1) is 17.8. The largest absolute Gasteiger partial charge is 0.316 e. The molecule has 130 valence electrons. The zero-order chi connectivity index (χ0) is 17.5. The average molecular weight is 387 g/mol. The van der Waals surface area contributed by atoms with Gasteiger partial charge in [0.25, 0.3) is 0 Å². The summed E-state index contributed by atoms with van der Waals surface area (Å²) in [5, 5.41) is 1.04. The lowest BCUT2D eigenvalue weighted by molar-refractivity contribution is -0.118. The summed E-state index contributed by atoms with van der Waals surface area (Å²) < 4.78 is 24.0. The number of anilines is 1. The van der Waals surface area contributed by atoms with E-state index in [2.05, 4.69) is 4.99 Å². The highest BCUT2D eigenvalue weighted by molar-refractivity contribution is 8.16. The number of amidine groups is 1. The van der Waals surface area contributed by atoms with Gasteiger partial charge in [-0.2, -0.15) is 4.99 Å². The molecule has 0 bridgehead atoms. The van der Waals surface area contributed by atoms with E-state index in [0.29, 0.717) is 16.6 Å². The van der Waals surface area contributed by atoms with Crippen molar-refractivity contribution in [2.75, 3.05) is 16.4 Å². The van der Waals surface area contributed by atoms with Gasteiger partial charge in [0.15, 0.2) is 15.0 Å². The molecule has 2 saturated heterocycles. The Bertz CT molecular complexity index is 792. The Morgan fingerprint density at radius 2 is 2.17 bits per heavy atom. The number of rotatable bonds is 3. The highest BCUT2D eigenvalue weighted by Gasteiger charge is 2.49. The molecule has 2 atom stereocenters. The molecule has 2 heterocycles. The van der Waals surface area contributed by atoms with Crippen molar-refractivity contribution in [1.82, 2.24) is 0 Å². The van der Waals surface area contributed by atoms with Gasteiger partial charge < -0.3 is 4.90 Å². The number of thioether (sulfide) groups is 1. The maximum absolute atomic E-state index is 12.1. The summed E-state index contributed by atoms with van der Waals surface area (Å²) in [4.78, 5) is 18.3. The van der Waals surface area contributed by atoms with E-state index in [1.807, 2.05) is 30.9 Å². The topological polar surface area (TPSA) is 66.8 Å². The second-order valence-corrected chi connectivity index (χ2v) is 10.3. The number of benzene rings is 1. The van der Waals surface area contributed by atoms with Gasteiger partial charge in [0.1, 0.15) is 0 Å². The number of hydrogen-bond acceptors (Lipinski definition) is 4. The summed E-state index contributed by atoms with van der Waals surface area (Å²) in [6.45, 7) is 3.94. The van der Waals surface area contributed by atoms with Crippen LogP contribution in [0, 0.1) is 5.92 Å². The fraction of sp³-hybridized carbons (Fsp3) is 0.500. The van der Waals surface area contributed by atoms with Crippen molar-refractivity contribution in [3.05, 3.63) is 29.3 Å². The quantitative estimate of drug-likeness (QED) is 0.798. The molecule has 2 aliphatic rings. The van der Waals surface area contributed by atoms with Crippen LogP contribution in [0.25, 0.3) is 0 Å². The summed E-state index contributed by atoms with van der Waals surface area (Å²) >= 11 is 7.47. The Hall–Kier alpha value is -1.05. The van der Waals surface area contributed by atoms with Gasteiger partial charge in [-0.15, -0.1) is 0 Å². The zero-order valence-corrected chi connectivity index (χ0v) is 15.9. The van der Waals surface area contributed by atoms with Gasteiger partial charge in [0, 0.05) is 22.4 Å². The molecule has 0 radical (unpaired) electrons. The third kappa shape index (κ3) is 3.78. The van der Waals surface area contributed by atoms with Crippen molar-refractivity contribution in [1.29, 1.82) is 0 Å². The van der Waals surface area contributed by atoms with Crippen molar-refractivity contribution in [2.45, 2.75) is 31.6 Å². The van der Waals surface area contributed by atoms with E-state index in [4.69, 9.17) is 11.6 Å². The zero-order valence-electron chi connectivity index (χ0n) is 13.5. The predicted molar refractivity (Wildman–Crippen MR) is 99.6 cm³/mol. The Balaban J connectivity index is 1.97. The molecule has 0 aliphatic carbocycles. The average Bonchev–Trinajstić information content (AvgIpc) is 2.88. The van der Waals surface area contributed by atoms with Crippen LogP contribution in [0.3, 0.4) is 0 Å². The molecular weight excluding hydrogens is 368 g/mol. The summed E-state index contributed by atoms with van der Waals surface area (Å²) in [6, 6.07) is 7.01. The number of nitrogens with zero attached hydrogens (tertiary/aromatic N) is 2. The highest BCUT2D eigenvalue weighted by atomic mass is 35.5. The first-order chi connectivity index (χ1) is 11.2. The van der Waals surface area contributed by atoms with E-state index in [0.717, 1.165) is 5.69 Å². The molecule has 0 aromatic heterocycles. The number of carbonyl (C=O) groups is 1. The first-order valence-electron chi connectivity index (χ1n) is 7.78. The highest BCUT2D eigenvalue weighted by Crippen LogP contribution is 2.41. The standard InChI is InChI=1S/C16H19ClN2O3S2/c1-10(2)6-15(20)18-16-19(12-5-3-4-11(17)7-12)13-8-24(21,22)9-14(13)23-16/h3-5,7,10,13-14H,6,8-9H2,1-2H3/t13-,14+/m0/s1. The SMILES string of the molecule is CC(C)CC(=O)N=C1S[C@@H]2CS(=O)(=O)C[C@@H]2N1c1cccc(Cl)c1. The molecule has 1 aromatic rings. The fourth-order valence-corrected chi connectivity index (χ4v) is 7.11. The first-order valence-corrected chi connectivity index (χ1v) is 10.9. The molecule has 3 rings (SSSR count). The molecule has 0 spiro atoms. The fourth-order valence-electron chi connectivity index (χ4n) is 2.99. The predicted octanol–water partition coefficient (Wildman–Crippen LogP) is 2.99. The molecule has 8 heteroatoms. The van der Waals surface area contributed by atoms with Gasteiger partial charge in [-0.1, -0.05) is 43.3 Å². The minimum atomic E-state index is -3.06. The van der Waals surface area contributed by atoms with Crippen LogP contribution in [0.4, 0.5) is 5.69 Å². The molecule has 0 saturated carbocycles. The Morgan fingerprint density at radius 1 is 1.42 bits per heavy atom. The summed E-state index contributed by atoms with van der Waals surface area (Å²) in [5.74, 6) is 0.251. The summed E-state index contributed by atoms with van der Waals surface area (Å²) in [5.41, 5.74) is 0.774. The molecule has 1 amide bonds. The molecular formula is C16H19ClN2O3S2. The number of carbonyl (C=O) groups excluding carboxylic acids is 1. The van der Waals surface area contributed by atoms with Crippen molar-refractivity contribution in [2.24, 2.45) is 10.9 Å². The van der Waals surface area contributed by atoms with Crippen LogP contribution >= 0.6 is 23.4 Å². The third-order valence-corrected chi connectivity index (χ3v) is 7.40. The normalized spacial score (nSPS) is 27.0. The number of sulfone groups is 1. The number of halogens is 1. The minimum absolute atomic E-state index is 0.0779. The molecule has 0 unspecified atom stereocenters. The maximum atomic E-state index is 12.1. The maximum Gasteiger partial charge on any atom is 0.248 e. The summed E-state index contributed by atoms with van der Waals surface area (Å²) in [7, 11) is -3.06. The monoisotopic (exact) mass is 386 g/mol. The van der Waals surface area contributed by atoms with Crippen LogP contribution in [0.5, 0.6) is 0 Å². The van der Waals surface area contributed by atoms with Gasteiger partial charge in [0.05, 0.1) is 17.5 Å². The molecule has 0 N–H and O–H groups in total. The van der Waals surface area contributed by atoms with Crippen molar-refractivity contribution >= 4 is 50.0 Å². The van der Waals surface area contributed by atoms with E-state index in [1.165, 1.54) is 11.8 Å². The van der Waals surface area contributed by atoms with Gasteiger partial charge >= 0.3 is 0 Å². The van der Waals surface area contributed by atoms with E-state index in [1.54, 1.807) is 12.1 Å². The van der Waals surface area contributed by atoms with E-state index in [9.17, 15) is 13.2 Å². The molecule has 2 aliphatic heterocycles. The smallest absolute Gasteiger partial charge is 0.248 e. The van der Waals surface area contributed by atoms with Gasteiger partial charge in [0.2, 0.25) is 5.91 Å². The number of aliphatic imine (C=N–C) groups is 1. The van der Waals surface area contributed by atoms with Crippen LogP contribution in [0.1, 0.15) is 20.3 Å². The van der Waals surface area contributed by atoms with Crippen LogP contribution in [0.2, 0.25) is 5.02 Å². The van der Waals surface area contributed by atoms with Gasteiger partial charge in [-0.05, 0) is 24.1 Å². The van der Waals surface area contributed by atoms with Crippen molar-refractivity contribution < 1.29 is 13.2 Å². The summed E-state index contributed by atoms with van der Waals surface area (Å²) in [6.07, 6.45) is 0.376. The third-order valence-electron chi connectivity index (χ3n) is 3.96. The molecule has 2 fully saturated rings. The lowest BCUT2D eigenvalue weighted by Crippen LogP contribution is -2.37. The van der Waals surface area contributed by atoms with E-state index in [-0.39, 0.29) is 34.6 Å². The van der Waals surface area contributed by atoms with Crippen LogP contribution in [-0.4, -0.2) is 42.3 Å². The molecule has 1 aromatic carbocycles. The second-order valence-electron chi connectivity index (χ2n) is 6.54. The Labute approximate surface area is 151 Å². The molecule has 5 nitrogen and oxygen atoms in total. The van der Waals surface area contributed by atoms with Crippen molar-refractivity contribution in [3.8, 4) is 0 Å². The lowest BCUT2D eigenvalue weighted by Gasteiger charge is -2.24. The lowest BCUT2D eigenvalue weighted by atomic mass is 10.1. The van der Waals surface area contributed by atoms with Crippen LogP contribution in [0.15, 0.2) is 29.3 Å². The number of amides is 1. The molecule has 24 heavy (non-hydrogen) atoms. The van der Waals surface area contributed by atoms with Crippen molar-refractivity contribution in [3.63, 3.8) is 0 Å². The minimum Gasteiger partial charge on any atom is -0.316 e. The van der Waals surface area contributed by atoms with Gasteiger partial charge in [-0.3, -0.25) is 4.79 Å². The van der Waals surface area contributed by atoms with E-state index < -0.39 is 9.84 Å². The number of fused-ring (bicyclic) bond motifs is 1. The van der Waals surface area contributed by atoms with Crippen LogP contribution < -0.4 is 4.90 Å². The number of hydrogen-bond donors (Lipinski definition) is 0. The Morgan fingerprint density at radius 3 is 2.83 bits per heavy atom.